The largest absolute Gasteiger partial charge is 0.382 e. The van der Waals surface area contributed by atoms with Crippen LogP contribution in [0.25, 0.3) is 0 Å². The second-order valence-electron chi connectivity index (χ2n) is 3.96. The number of rotatable bonds is 8. The second kappa shape index (κ2) is 7.41. The Morgan fingerprint density at radius 1 is 1.50 bits per heavy atom. The predicted octanol–water partition coefficient (Wildman–Crippen LogP) is 1.37. The monoisotopic (exact) mass is 225 g/mol. The standard InChI is InChI=1S/C12H23N3O/c1-4-16-10-8-11(13-2)5-6-12-7-9-14-15(12)3/h7,9,11,13H,4-6,8,10H2,1-3H3. The SMILES string of the molecule is CCOCCC(CCc1ccnn1C)NC. The molecule has 0 aliphatic heterocycles. The summed E-state index contributed by atoms with van der Waals surface area (Å²) in [6.07, 6.45) is 5.11. The fourth-order valence-corrected chi connectivity index (χ4v) is 1.77. The molecule has 1 heterocycles. The molecule has 1 rings (SSSR count). The molecule has 0 spiro atoms. The third-order valence-corrected chi connectivity index (χ3v) is 2.89. The van der Waals surface area contributed by atoms with Gasteiger partial charge < -0.3 is 10.1 Å². The van der Waals surface area contributed by atoms with Crippen LogP contribution in [0, 0.1) is 0 Å². The molecule has 0 amide bonds. The summed E-state index contributed by atoms with van der Waals surface area (Å²) >= 11 is 0. The molecule has 1 aromatic rings. The summed E-state index contributed by atoms with van der Waals surface area (Å²) in [6, 6.07) is 2.61. The molecule has 1 unspecified atom stereocenters. The minimum absolute atomic E-state index is 0.529. The molecule has 4 nitrogen and oxygen atoms in total. The summed E-state index contributed by atoms with van der Waals surface area (Å²) in [6.45, 7) is 3.68. The summed E-state index contributed by atoms with van der Waals surface area (Å²) in [5, 5.41) is 7.50. The van der Waals surface area contributed by atoms with Crippen molar-refractivity contribution in [2.24, 2.45) is 7.05 Å². The first-order valence-corrected chi connectivity index (χ1v) is 5.99. The van der Waals surface area contributed by atoms with E-state index in [0.29, 0.717) is 6.04 Å². The third-order valence-electron chi connectivity index (χ3n) is 2.89. The van der Waals surface area contributed by atoms with Crippen molar-refractivity contribution in [2.75, 3.05) is 20.3 Å². The van der Waals surface area contributed by atoms with Crippen molar-refractivity contribution in [3.8, 4) is 0 Å². The van der Waals surface area contributed by atoms with E-state index in [-0.39, 0.29) is 0 Å². The van der Waals surface area contributed by atoms with Gasteiger partial charge in [-0.15, -0.1) is 0 Å². The Balaban J connectivity index is 2.26. The summed E-state index contributed by atoms with van der Waals surface area (Å²) in [7, 11) is 4.00. The molecule has 0 fully saturated rings. The fraction of sp³-hybridized carbons (Fsp3) is 0.750. The van der Waals surface area contributed by atoms with Crippen molar-refractivity contribution in [1.29, 1.82) is 0 Å². The number of nitrogens with zero attached hydrogens (tertiary/aromatic N) is 2. The molecule has 92 valence electrons. The van der Waals surface area contributed by atoms with Gasteiger partial charge in [-0.2, -0.15) is 5.10 Å². The number of ether oxygens (including phenoxy) is 1. The van der Waals surface area contributed by atoms with Crippen LogP contribution in [0.1, 0.15) is 25.5 Å². The molecule has 0 saturated carbocycles. The lowest BCUT2D eigenvalue weighted by molar-refractivity contribution is 0.136. The highest BCUT2D eigenvalue weighted by Gasteiger charge is 2.07. The molecular weight excluding hydrogens is 202 g/mol. The predicted molar refractivity (Wildman–Crippen MR) is 65.5 cm³/mol. The van der Waals surface area contributed by atoms with Crippen molar-refractivity contribution in [2.45, 2.75) is 32.2 Å². The molecule has 1 aromatic heterocycles. The van der Waals surface area contributed by atoms with Crippen LogP contribution in [0.3, 0.4) is 0 Å². The quantitative estimate of drug-likeness (QED) is 0.679. The van der Waals surface area contributed by atoms with E-state index >= 15 is 0 Å². The lowest BCUT2D eigenvalue weighted by atomic mass is 10.1. The number of hydrogen-bond donors (Lipinski definition) is 1. The maximum absolute atomic E-state index is 5.37. The normalized spacial score (nSPS) is 12.9. The van der Waals surface area contributed by atoms with Crippen LogP contribution in [0.4, 0.5) is 0 Å². The Bertz CT molecular complexity index is 286. The molecular formula is C12H23N3O. The lowest BCUT2D eigenvalue weighted by Crippen LogP contribution is -2.27. The Kier molecular flexibility index (Phi) is 6.11. The van der Waals surface area contributed by atoms with Crippen LogP contribution in [0.5, 0.6) is 0 Å². The van der Waals surface area contributed by atoms with Gasteiger partial charge in [0.1, 0.15) is 0 Å². The van der Waals surface area contributed by atoms with E-state index in [1.807, 2.05) is 31.9 Å². The van der Waals surface area contributed by atoms with Crippen molar-refractivity contribution >= 4 is 0 Å². The molecule has 1 N–H and O–H groups in total. The Labute approximate surface area is 98.0 Å². The minimum Gasteiger partial charge on any atom is -0.382 e. The number of nitrogens with one attached hydrogen (secondary N) is 1. The van der Waals surface area contributed by atoms with Crippen LogP contribution in [0.15, 0.2) is 12.3 Å². The summed E-state index contributed by atoms with van der Waals surface area (Å²) in [5.74, 6) is 0. The zero-order valence-electron chi connectivity index (χ0n) is 10.6. The van der Waals surface area contributed by atoms with Crippen LogP contribution >= 0.6 is 0 Å². The van der Waals surface area contributed by atoms with Gasteiger partial charge in [0.05, 0.1) is 0 Å². The molecule has 16 heavy (non-hydrogen) atoms. The molecule has 0 aliphatic rings. The van der Waals surface area contributed by atoms with Crippen molar-refractivity contribution < 1.29 is 4.74 Å². The third kappa shape index (κ3) is 4.33. The fourth-order valence-electron chi connectivity index (χ4n) is 1.77. The van der Waals surface area contributed by atoms with Gasteiger partial charge in [-0.25, -0.2) is 0 Å². The zero-order chi connectivity index (χ0) is 11.8. The van der Waals surface area contributed by atoms with Crippen LogP contribution in [-0.2, 0) is 18.2 Å². The Morgan fingerprint density at radius 2 is 2.31 bits per heavy atom. The average molecular weight is 225 g/mol. The molecule has 1 atom stereocenters. The summed E-state index contributed by atoms with van der Waals surface area (Å²) < 4.78 is 7.31. The van der Waals surface area contributed by atoms with E-state index in [2.05, 4.69) is 16.5 Å². The van der Waals surface area contributed by atoms with Gasteiger partial charge in [0.15, 0.2) is 0 Å². The van der Waals surface area contributed by atoms with Crippen LogP contribution in [0.2, 0.25) is 0 Å². The van der Waals surface area contributed by atoms with Gasteiger partial charge in [-0.3, -0.25) is 4.68 Å². The van der Waals surface area contributed by atoms with Crippen LogP contribution in [-0.4, -0.2) is 36.1 Å². The lowest BCUT2D eigenvalue weighted by Gasteiger charge is -2.15. The van der Waals surface area contributed by atoms with Crippen molar-refractivity contribution in [3.63, 3.8) is 0 Å². The number of aryl methyl sites for hydroxylation is 2. The first-order valence-electron chi connectivity index (χ1n) is 5.99. The maximum atomic E-state index is 5.37. The van der Waals surface area contributed by atoms with E-state index in [1.54, 1.807) is 0 Å². The highest BCUT2D eigenvalue weighted by molar-refractivity contribution is 5.00. The minimum atomic E-state index is 0.529. The van der Waals surface area contributed by atoms with Gasteiger partial charge in [0.2, 0.25) is 0 Å². The van der Waals surface area contributed by atoms with Gasteiger partial charge >= 0.3 is 0 Å². The smallest absolute Gasteiger partial charge is 0.0492 e. The molecule has 0 saturated heterocycles. The molecule has 0 bridgehead atoms. The van der Waals surface area contributed by atoms with E-state index in [0.717, 1.165) is 32.5 Å². The number of aromatic nitrogens is 2. The number of hydrogen-bond acceptors (Lipinski definition) is 3. The van der Waals surface area contributed by atoms with Crippen LogP contribution < -0.4 is 5.32 Å². The molecule has 0 radical (unpaired) electrons. The van der Waals surface area contributed by atoms with Crippen molar-refractivity contribution in [1.82, 2.24) is 15.1 Å². The van der Waals surface area contributed by atoms with Crippen molar-refractivity contribution in [3.05, 3.63) is 18.0 Å². The summed E-state index contributed by atoms with van der Waals surface area (Å²) in [5.41, 5.74) is 1.29. The second-order valence-corrected chi connectivity index (χ2v) is 3.96. The van der Waals surface area contributed by atoms with E-state index in [1.165, 1.54) is 5.69 Å². The first-order chi connectivity index (χ1) is 7.77. The van der Waals surface area contributed by atoms with Gasteiger partial charge in [0.25, 0.3) is 0 Å². The van der Waals surface area contributed by atoms with Gasteiger partial charge in [-0.05, 0) is 39.3 Å². The van der Waals surface area contributed by atoms with E-state index in [9.17, 15) is 0 Å². The van der Waals surface area contributed by atoms with E-state index in [4.69, 9.17) is 4.74 Å². The first kappa shape index (κ1) is 13.2. The molecule has 0 aliphatic carbocycles. The van der Waals surface area contributed by atoms with Gasteiger partial charge in [-0.1, -0.05) is 0 Å². The summed E-state index contributed by atoms with van der Waals surface area (Å²) in [4.78, 5) is 0. The van der Waals surface area contributed by atoms with E-state index < -0.39 is 0 Å². The molecule has 4 heteroatoms. The Morgan fingerprint density at radius 3 is 2.88 bits per heavy atom. The van der Waals surface area contributed by atoms with Gasteiger partial charge in [0, 0.05) is 38.2 Å². The Hall–Kier alpha value is -0.870. The zero-order valence-corrected chi connectivity index (χ0v) is 10.6. The average Bonchev–Trinajstić information content (AvgIpc) is 2.69. The maximum Gasteiger partial charge on any atom is 0.0492 e. The molecule has 0 aromatic carbocycles. The highest BCUT2D eigenvalue weighted by Crippen LogP contribution is 2.06. The highest BCUT2D eigenvalue weighted by atomic mass is 16.5. The topological polar surface area (TPSA) is 39.1 Å².